The van der Waals surface area contributed by atoms with Crippen molar-refractivity contribution in [2.45, 2.75) is 6.54 Å². The summed E-state index contributed by atoms with van der Waals surface area (Å²) in [7, 11) is 0. The molecule has 4 heteroatoms. The first-order valence-electron chi connectivity index (χ1n) is 4.91. The van der Waals surface area contributed by atoms with Crippen molar-refractivity contribution in [2.24, 2.45) is 5.73 Å². The number of nitrogens with zero attached hydrogens (tertiary/aromatic N) is 2. The molecule has 80 valence electrons. The fourth-order valence-electron chi connectivity index (χ4n) is 1.47. The smallest absolute Gasteiger partial charge is 0.193 e. The number of rotatable bonds is 3. The van der Waals surface area contributed by atoms with Gasteiger partial charge in [0.2, 0.25) is 0 Å². The zero-order valence-corrected chi connectivity index (χ0v) is 8.63. The van der Waals surface area contributed by atoms with Gasteiger partial charge in [0.15, 0.2) is 12.1 Å². The monoisotopic (exact) mass is 213 g/mol. The van der Waals surface area contributed by atoms with Crippen molar-refractivity contribution in [1.29, 1.82) is 0 Å². The molecular weight excluding hydrogens is 202 g/mol. The Morgan fingerprint density at radius 2 is 2.00 bits per heavy atom. The first-order chi connectivity index (χ1) is 7.85. The molecule has 2 aromatic rings. The van der Waals surface area contributed by atoms with E-state index < -0.39 is 0 Å². The third-order valence-electron chi connectivity index (χ3n) is 2.26. The van der Waals surface area contributed by atoms with Gasteiger partial charge in [0.1, 0.15) is 0 Å². The SMILES string of the molecule is NCc1cnc(C=O)nc1-c1ccccc1. The summed E-state index contributed by atoms with van der Waals surface area (Å²) in [6.07, 6.45) is 2.23. The third kappa shape index (κ3) is 1.97. The van der Waals surface area contributed by atoms with Crippen molar-refractivity contribution in [3.05, 3.63) is 47.9 Å². The number of hydrogen-bond acceptors (Lipinski definition) is 4. The molecule has 0 spiro atoms. The second-order valence-corrected chi connectivity index (χ2v) is 3.29. The van der Waals surface area contributed by atoms with Crippen LogP contribution >= 0.6 is 0 Å². The summed E-state index contributed by atoms with van der Waals surface area (Å²) in [5.74, 6) is 0.177. The Labute approximate surface area is 93.2 Å². The van der Waals surface area contributed by atoms with E-state index in [0.717, 1.165) is 16.8 Å². The summed E-state index contributed by atoms with van der Waals surface area (Å²) < 4.78 is 0. The Balaban J connectivity index is 2.57. The quantitative estimate of drug-likeness (QED) is 0.783. The summed E-state index contributed by atoms with van der Waals surface area (Å²) in [5.41, 5.74) is 8.10. The van der Waals surface area contributed by atoms with Gasteiger partial charge in [-0.25, -0.2) is 9.97 Å². The second kappa shape index (κ2) is 4.63. The van der Waals surface area contributed by atoms with Gasteiger partial charge in [-0.3, -0.25) is 4.79 Å². The van der Waals surface area contributed by atoms with Crippen LogP contribution in [0.3, 0.4) is 0 Å². The van der Waals surface area contributed by atoms with E-state index in [4.69, 9.17) is 5.73 Å². The normalized spacial score (nSPS) is 10.1. The molecule has 0 aliphatic heterocycles. The van der Waals surface area contributed by atoms with E-state index in [0.29, 0.717) is 12.8 Å². The minimum Gasteiger partial charge on any atom is -0.326 e. The number of carbonyl (C=O) groups excluding carboxylic acids is 1. The van der Waals surface area contributed by atoms with Crippen molar-refractivity contribution in [1.82, 2.24) is 9.97 Å². The molecule has 1 aromatic heterocycles. The van der Waals surface area contributed by atoms with Crippen LogP contribution in [0.2, 0.25) is 0 Å². The van der Waals surface area contributed by atoms with Crippen LogP contribution in [-0.4, -0.2) is 16.3 Å². The first-order valence-corrected chi connectivity index (χ1v) is 4.91. The molecule has 2 rings (SSSR count). The van der Waals surface area contributed by atoms with E-state index in [2.05, 4.69) is 9.97 Å². The van der Waals surface area contributed by atoms with Crippen molar-refractivity contribution in [3.8, 4) is 11.3 Å². The van der Waals surface area contributed by atoms with Gasteiger partial charge in [-0.15, -0.1) is 0 Å². The van der Waals surface area contributed by atoms with E-state index in [1.807, 2.05) is 30.3 Å². The highest BCUT2D eigenvalue weighted by Crippen LogP contribution is 2.20. The fourth-order valence-corrected chi connectivity index (χ4v) is 1.47. The van der Waals surface area contributed by atoms with Crippen LogP contribution in [0.15, 0.2) is 36.5 Å². The molecule has 0 fully saturated rings. The van der Waals surface area contributed by atoms with E-state index in [1.165, 1.54) is 0 Å². The number of nitrogens with two attached hydrogens (primary N) is 1. The molecule has 0 saturated carbocycles. The van der Waals surface area contributed by atoms with Crippen LogP contribution < -0.4 is 5.73 Å². The Morgan fingerprint density at radius 1 is 1.25 bits per heavy atom. The first kappa shape index (κ1) is 10.4. The van der Waals surface area contributed by atoms with Gasteiger partial charge >= 0.3 is 0 Å². The maximum atomic E-state index is 10.6. The van der Waals surface area contributed by atoms with Crippen molar-refractivity contribution in [2.75, 3.05) is 0 Å². The Hall–Kier alpha value is -2.07. The van der Waals surface area contributed by atoms with E-state index >= 15 is 0 Å². The van der Waals surface area contributed by atoms with Gasteiger partial charge in [0.05, 0.1) is 5.69 Å². The second-order valence-electron chi connectivity index (χ2n) is 3.29. The maximum Gasteiger partial charge on any atom is 0.193 e. The predicted octanol–water partition coefficient (Wildman–Crippen LogP) is 1.41. The third-order valence-corrected chi connectivity index (χ3v) is 2.26. The van der Waals surface area contributed by atoms with Gasteiger partial charge in [-0.2, -0.15) is 0 Å². The number of aromatic nitrogens is 2. The van der Waals surface area contributed by atoms with Crippen LogP contribution in [0.25, 0.3) is 11.3 Å². The number of hydrogen-bond donors (Lipinski definition) is 1. The molecule has 16 heavy (non-hydrogen) atoms. The summed E-state index contributed by atoms with van der Waals surface area (Å²) in [6.45, 7) is 0.351. The van der Waals surface area contributed by atoms with Crippen LogP contribution in [0, 0.1) is 0 Å². The van der Waals surface area contributed by atoms with Crippen LogP contribution in [0.1, 0.15) is 16.2 Å². The molecule has 0 aliphatic rings. The molecule has 2 N–H and O–H groups in total. The lowest BCUT2D eigenvalue weighted by atomic mass is 10.1. The topological polar surface area (TPSA) is 68.9 Å². The average Bonchev–Trinajstić information content (AvgIpc) is 2.39. The summed E-state index contributed by atoms with van der Waals surface area (Å²) >= 11 is 0. The number of carbonyl (C=O) groups is 1. The zero-order chi connectivity index (χ0) is 11.4. The molecule has 0 radical (unpaired) electrons. The molecule has 0 unspecified atom stereocenters. The summed E-state index contributed by atoms with van der Waals surface area (Å²) in [5, 5.41) is 0. The average molecular weight is 213 g/mol. The Kier molecular flexibility index (Phi) is 3.03. The zero-order valence-electron chi connectivity index (χ0n) is 8.63. The fraction of sp³-hybridized carbons (Fsp3) is 0.0833. The van der Waals surface area contributed by atoms with E-state index in [9.17, 15) is 4.79 Å². The lowest BCUT2D eigenvalue weighted by molar-refractivity contribution is 0.111. The Morgan fingerprint density at radius 3 is 2.62 bits per heavy atom. The van der Waals surface area contributed by atoms with Gasteiger partial charge in [0, 0.05) is 23.9 Å². The van der Waals surface area contributed by atoms with E-state index in [-0.39, 0.29) is 5.82 Å². The minimum atomic E-state index is 0.177. The van der Waals surface area contributed by atoms with Crippen LogP contribution in [0.4, 0.5) is 0 Å². The minimum absolute atomic E-state index is 0.177. The van der Waals surface area contributed by atoms with Crippen molar-refractivity contribution >= 4 is 6.29 Å². The molecule has 1 heterocycles. The van der Waals surface area contributed by atoms with Crippen molar-refractivity contribution in [3.63, 3.8) is 0 Å². The highest BCUT2D eigenvalue weighted by Gasteiger charge is 2.07. The van der Waals surface area contributed by atoms with Gasteiger partial charge < -0.3 is 5.73 Å². The van der Waals surface area contributed by atoms with Gasteiger partial charge in [-0.1, -0.05) is 30.3 Å². The number of aldehydes is 1. The van der Waals surface area contributed by atoms with Gasteiger partial charge in [-0.05, 0) is 0 Å². The molecule has 0 bridgehead atoms. The lowest BCUT2D eigenvalue weighted by Crippen LogP contribution is -2.04. The predicted molar refractivity (Wildman–Crippen MR) is 60.7 cm³/mol. The summed E-state index contributed by atoms with van der Waals surface area (Å²) in [6, 6.07) is 9.61. The Bertz CT molecular complexity index is 497. The molecule has 4 nitrogen and oxygen atoms in total. The summed E-state index contributed by atoms with van der Waals surface area (Å²) in [4.78, 5) is 18.7. The highest BCUT2D eigenvalue weighted by atomic mass is 16.1. The van der Waals surface area contributed by atoms with E-state index in [1.54, 1.807) is 6.20 Å². The largest absolute Gasteiger partial charge is 0.326 e. The standard InChI is InChI=1S/C12H11N3O/c13-6-10-7-14-11(8-16)15-12(10)9-4-2-1-3-5-9/h1-5,7-8H,6,13H2. The van der Waals surface area contributed by atoms with Crippen molar-refractivity contribution < 1.29 is 4.79 Å². The molecule has 0 amide bonds. The number of benzene rings is 1. The molecule has 1 aromatic carbocycles. The molecular formula is C12H11N3O. The molecule has 0 saturated heterocycles. The van der Waals surface area contributed by atoms with Crippen LogP contribution in [-0.2, 0) is 6.54 Å². The molecule has 0 atom stereocenters. The lowest BCUT2D eigenvalue weighted by Gasteiger charge is -2.06. The molecule has 0 aliphatic carbocycles. The highest BCUT2D eigenvalue weighted by molar-refractivity contribution is 5.72. The van der Waals surface area contributed by atoms with Crippen LogP contribution in [0.5, 0.6) is 0 Å². The maximum absolute atomic E-state index is 10.6. The van der Waals surface area contributed by atoms with Gasteiger partial charge in [0.25, 0.3) is 0 Å².